The van der Waals surface area contributed by atoms with Crippen molar-refractivity contribution in [3.63, 3.8) is 0 Å². The van der Waals surface area contributed by atoms with Gasteiger partial charge in [0, 0.05) is 14.8 Å². The van der Waals surface area contributed by atoms with Crippen LogP contribution in [-0.4, -0.2) is 22.5 Å². The first kappa shape index (κ1) is 14.0. The van der Waals surface area contributed by atoms with Crippen LogP contribution in [0.15, 0.2) is 25.6 Å². The summed E-state index contributed by atoms with van der Waals surface area (Å²) in [5.41, 5.74) is 0. The van der Waals surface area contributed by atoms with Crippen molar-refractivity contribution in [1.82, 2.24) is 0 Å². The van der Waals surface area contributed by atoms with Gasteiger partial charge < -0.3 is 8.85 Å². The monoisotopic (exact) mass is 436 g/mol. The zero-order valence-corrected chi connectivity index (χ0v) is 14.5. The van der Waals surface area contributed by atoms with Crippen LogP contribution in [0.1, 0.15) is 0 Å². The SMILES string of the molecule is ClCCO[SiH2]Oc1ccc(Br)c(Br)c1Br. The van der Waals surface area contributed by atoms with E-state index in [0.29, 0.717) is 12.5 Å². The summed E-state index contributed by atoms with van der Waals surface area (Å²) in [6, 6.07) is 3.80. The lowest BCUT2D eigenvalue weighted by molar-refractivity contribution is 0.309. The Morgan fingerprint density at radius 3 is 2.60 bits per heavy atom. The average Bonchev–Trinajstić information content (AvgIpc) is 2.24. The van der Waals surface area contributed by atoms with E-state index in [0.717, 1.165) is 19.2 Å². The summed E-state index contributed by atoms with van der Waals surface area (Å²) in [6.45, 7) is 0.545. The molecular formula is C8H8Br3ClO2Si. The van der Waals surface area contributed by atoms with E-state index in [1.807, 2.05) is 12.1 Å². The second-order valence-electron chi connectivity index (χ2n) is 2.53. The molecule has 7 heteroatoms. The maximum atomic E-state index is 5.53. The van der Waals surface area contributed by atoms with E-state index in [9.17, 15) is 0 Å². The van der Waals surface area contributed by atoms with E-state index in [1.165, 1.54) is 0 Å². The van der Waals surface area contributed by atoms with Crippen LogP contribution < -0.4 is 4.43 Å². The maximum Gasteiger partial charge on any atom is 0.366 e. The fraction of sp³-hybridized carbons (Fsp3) is 0.250. The van der Waals surface area contributed by atoms with Crippen molar-refractivity contribution >= 4 is 69.4 Å². The first-order chi connectivity index (χ1) is 7.16. The second-order valence-corrected chi connectivity index (χ2v) is 6.28. The van der Waals surface area contributed by atoms with Crippen molar-refractivity contribution in [1.29, 1.82) is 0 Å². The van der Waals surface area contributed by atoms with Gasteiger partial charge in [-0.2, -0.15) is 0 Å². The molecule has 0 aliphatic carbocycles. The Morgan fingerprint density at radius 2 is 1.93 bits per heavy atom. The van der Waals surface area contributed by atoms with Crippen molar-refractivity contribution in [3.05, 3.63) is 25.6 Å². The lowest BCUT2D eigenvalue weighted by Crippen LogP contribution is -2.09. The van der Waals surface area contributed by atoms with E-state index < -0.39 is 10.0 Å². The van der Waals surface area contributed by atoms with Gasteiger partial charge in [0.25, 0.3) is 0 Å². The van der Waals surface area contributed by atoms with Crippen molar-refractivity contribution in [2.75, 3.05) is 12.5 Å². The highest BCUT2D eigenvalue weighted by Gasteiger charge is 2.08. The lowest BCUT2D eigenvalue weighted by atomic mass is 10.3. The number of alkyl halides is 1. The third kappa shape index (κ3) is 4.36. The van der Waals surface area contributed by atoms with Crippen LogP contribution in [0.25, 0.3) is 0 Å². The van der Waals surface area contributed by atoms with Gasteiger partial charge in [-0.15, -0.1) is 11.6 Å². The molecule has 15 heavy (non-hydrogen) atoms. The highest BCUT2D eigenvalue weighted by molar-refractivity contribution is 9.14. The average molecular weight is 439 g/mol. The van der Waals surface area contributed by atoms with Crippen LogP contribution in [0.2, 0.25) is 0 Å². The molecule has 0 bridgehead atoms. The molecule has 1 rings (SSSR count). The summed E-state index contributed by atoms with van der Waals surface area (Å²) in [5.74, 6) is 1.29. The molecule has 0 saturated heterocycles. The Hall–Kier alpha value is 0.927. The summed E-state index contributed by atoms with van der Waals surface area (Å²) in [5, 5.41) is 0. The van der Waals surface area contributed by atoms with Crippen molar-refractivity contribution in [2.45, 2.75) is 0 Å². The first-order valence-electron chi connectivity index (χ1n) is 4.07. The standard InChI is InChI=1S/C8H8Br3ClO2Si/c9-5-1-2-6(8(11)7(5)10)14-15-13-4-3-12/h1-2H,3-4,15H2. The van der Waals surface area contributed by atoms with Gasteiger partial charge in [0.05, 0.1) is 11.1 Å². The molecule has 2 nitrogen and oxygen atoms in total. The van der Waals surface area contributed by atoms with Crippen LogP contribution in [-0.2, 0) is 4.43 Å². The fourth-order valence-electron chi connectivity index (χ4n) is 0.838. The molecule has 0 radical (unpaired) electrons. The number of benzene rings is 1. The van der Waals surface area contributed by atoms with Crippen LogP contribution in [0, 0.1) is 0 Å². The smallest absolute Gasteiger partial charge is 0.366 e. The topological polar surface area (TPSA) is 18.5 Å². The minimum atomic E-state index is -0.998. The maximum absolute atomic E-state index is 5.53. The molecule has 0 fully saturated rings. The third-order valence-electron chi connectivity index (χ3n) is 1.52. The predicted molar refractivity (Wildman–Crippen MR) is 75.4 cm³/mol. The highest BCUT2D eigenvalue weighted by atomic mass is 79.9. The Bertz CT molecular complexity index is 338. The predicted octanol–water partition coefficient (Wildman–Crippen LogP) is 3.61. The minimum Gasteiger partial charge on any atom is -0.524 e. The van der Waals surface area contributed by atoms with Crippen LogP contribution in [0.3, 0.4) is 0 Å². The molecule has 0 unspecified atom stereocenters. The molecule has 1 aromatic carbocycles. The molecular weight excluding hydrogens is 431 g/mol. The molecule has 0 amide bonds. The van der Waals surface area contributed by atoms with Crippen LogP contribution in [0.4, 0.5) is 0 Å². The van der Waals surface area contributed by atoms with E-state index in [-0.39, 0.29) is 0 Å². The highest BCUT2D eigenvalue weighted by Crippen LogP contribution is 2.37. The van der Waals surface area contributed by atoms with E-state index >= 15 is 0 Å². The Kier molecular flexibility index (Phi) is 6.80. The molecule has 84 valence electrons. The zero-order chi connectivity index (χ0) is 11.3. The normalized spacial score (nSPS) is 11.2. The summed E-state index contributed by atoms with van der Waals surface area (Å²) < 4.78 is 13.6. The molecule has 0 aromatic heterocycles. The van der Waals surface area contributed by atoms with Crippen molar-refractivity contribution < 1.29 is 8.85 Å². The van der Waals surface area contributed by atoms with Crippen LogP contribution >= 0.6 is 59.4 Å². The number of hydrogen-bond donors (Lipinski definition) is 0. The van der Waals surface area contributed by atoms with Crippen molar-refractivity contribution in [3.8, 4) is 5.75 Å². The largest absolute Gasteiger partial charge is 0.524 e. The third-order valence-corrected chi connectivity index (χ3v) is 5.89. The quantitative estimate of drug-likeness (QED) is 0.302. The van der Waals surface area contributed by atoms with E-state index in [2.05, 4.69) is 47.8 Å². The fourth-order valence-corrected chi connectivity index (χ4v) is 3.44. The molecule has 0 aliphatic heterocycles. The second kappa shape index (κ2) is 7.29. The number of rotatable bonds is 5. The lowest BCUT2D eigenvalue weighted by Gasteiger charge is -2.10. The van der Waals surface area contributed by atoms with Crippen molar-refractivity contribution in [2.24, 2.45) is 0 Å². The molecule has 0 atom stereocenters. The van der Waals surface area contributed by atoms with Crippen LogP contribution in [0.5, 0.6) is 5.75 Å². The van der Waals surface area contributed by atoms with Gasteiger partial charge in [0.2, 0.25) is 0 Å². The first-order valence-corrected chi connectivity index (χ1v) is 8.13. The number of hydrogen-bond acceptors (Lipinski definition) is 2. The molecule has 1 aromatic rings. The van der Waals surface area contributed by atoms with Gasteiger partial charge >= 0.3 is 10.0 Å². The van der Waals surface area contributed by atoms with E-state index in [4.69, 9.17) is 20.5 Å². The summed E-state index contributed by atoms with van der Waals surface area (Å²) in [7, 11) is -0.998. The summed E-state index contributed by atoms with van der Waals surface area (Å²) in [6.07, 6.45) is 0. The van der Waals surface area contributed by atoms with Gasteiger partial charge in [-0.3, -0.25) is 0 Å². The summed E-state index contributed by atoms with van der Waals surface area (Å²) >= 11 is 15.8. The molecule has 0 spiro atoms. The number of halogens is 4. The minimum absolute atomic E-state index is 0.502. The summed E-state index contributed by atoms with van der Waals surface area (Å²) in [4.78, 5) is 0. The molecule has 0 aliphatic rings. The molecule has 0 saturated carbocycles. The molecule has 0 heterocycles. The van der Waals surface area contributed by atoms with Gasteiger partial charge in [-0.25, -0.2) is 0 Å². The Labute approximate surface area is 121 Å². The molecule has 0 N–H and O–H groups in total. The van der Waals surface area contributed by atoms with Gasteiger partial charge in [0.15, 0.2) is 0 Å². The van der Waals surface area contributed by atoms with Gasteiger partial charge in [-0.1, -0.05) is 0 Å². The zero-order valence-electron chi connectivity index (χ0n) is 7.60. The Balaban J connectivity index is 2.58. The Morgan fingerprint density at radius 1 is 1.20 bits per heavy atom. The van der Waals surface area contributed by atoms with Gasteiger partial charge in [0.1, 0.15) is 5.75 Å². The van der Waals surface area contributed by atoms with E-state index in [1.54, 1.807) is 0 Å². The van der Waals surface area contributed by atoms with Gasteiger partial charge in [-0.05, 0) is 59.9 Å².